The zero-order valence-electron chi connectivity index (χ0n) is 65.1. The molecular weight excluding hydrogens is 1270 g/mol. The molecule has 0 radical (unpaired) electrons. The first kappa shape index (κ1) is 96.1. The lowest BCUT2D eigenvalue weighted by atomic mass is 10.1. The summed E-state index contributed by atoms with van der Waals surface area (Å²) in [5, 5.41) is 19.5. The van der Waals surface area contributed by atoms with Gasteiger partial charge in [-0.3, -0.25) is 29.0 Å². The van der Waals surface area contributed by atoms with Gasteiger partial charge in [-0.05, 0) is 148 Å². The smallest absolute Gasteiger partial charge is 0.307 e. The van der Waals surface area contributed by atoms with Crippen LogP contribution < -0.4 is 0 Å². The molecule has 12 nitrogen and oxygen atoms in total. The number of unbranched alkanes of at least 4 members (excludes halogenated alkanes) is 16. The Morgan fingerprint density at radius 3 is 0.912 bits per heavy atom. The zero-order chi connectivity index (χ0) is 74.0. The summed E-state index contributed by atoms with van der Waals surface area (Å²) >= 11 is 0. The minimum atomic E-state index is -0.241. The molecule has 0 aromatic carbocycles. The lowest BCUT2D eigenvalue weighted by Crippen LogP contribution is -2.39. The van der Waals surface area contributed by atoms with Crippen molar-refractivity contribution in [1.82, 2.24) is 9.80 Å². The highest BCUT2D eigenvalue weighted by molar-refractivity contribution is 5.70. The van der Waals surface area contributed by atoms with Crippen LogP contribution in [0.3, 0.4) is 0 Å². The van der Waals surface area contributed by atoms with Gasteiger partial charge in [-0.25, -0.2) is 0 Å². The second kappa shape index (κ2) is 80.8. The highest BCUT2D eigenvalue weighted by Crippen LogP contribution is 2.17. The van der Waals surface area contributed by atoms with E-state index in [2.05, 4.69) is 198 Å². The van der Waals surface area contributed by atoms with Crippen LogP contribution in [-0.2, 0) is 38.1 Å². The molecule has 0 fully saturated rings. The number of aliphatic hydroxyl groups excluding tert-OH is 2. The summed E-state index contributed by atoms with van der Waals surface area (Å²) in [5.74, 6) is -0.706. The highest BCUT2D eigenvalue weighted by Gasteiger charge is 2.16. The zero-order valence-corrected chi connectivity index (χ0v) is 65.1. The van der Waals surface area contributed by atoms with Crippen molar-refractivity contribution >= 4 is 23.9 Å². The summed E-state index contributed by atoms with van der Waals surface area (Å²) in [6.07, 6.45) is 100. The Bertz CT molecular complexity index is 2370. The van der Waals surface area contributed by atoms with E-state index in [-0.39, 0.29) is 62.1 Å². The topological polar surface area (TPSA) is 152 Å². The van der Waals surface area contributed by atoms with Crippen molar-refractivity contribution in [2.45, 2.75) is 310 Å². The molecule has 0 rings (SSSR count). The first-order valence-electron chi connectivity index (χ1n) is 40.7. The molecule has 0 bridgehead atoms. The van der Waals surface area contributed by atoms with E-state index in [1.54, 1.807) is 0 Å². The molecule has 0 aromatic rings. The molecule has 0 spiro atoms. The fraction of sp³-hybridized carbons (Fsp3) is 0.644. The predicted octanol–water partition coefficient (Wildman–Crippen LogP) is 22.7. The monoisotopic (exact) mass is 1420 g/mol. The van der Waals surface area contributed by atoms with Crippen LogP contribution in [0.5, 0.6) is 0 Å². The second-order valence-electron chi connectivity index (χ2n) is 26.4. The number of hydrogen-bond acceptors (Lipinski definition) is 12. The first-order valence-corrected chi connectivity index (χ1v) is 40.7. The summed E-state index contributed by atoms with van der Waals surface area (Å²) in [6.45, 7) is 12.4. The second-order valence-corrected chi connectivity index (χ2v) is 26.4. The number of carbonyl (C=O) groups is 4. The number of nitrogens with zero attached hydrogens (tertiary/aromatic N) is 2. The van der Waals surface area contributed by atoms with Gasteiger partial charge in [0.1, 0.15) is 12.2 Å². The standard InChI is InChI=1S/C90H148N2O10/c1-5-9-13-16-18-20-22-24-26-28-30-32-34-36-38-44-50-56-63-71-89(97)101-85(67-12-8-4)69-61-54-48-42-40-46-52-58-65-83-99-87(95)73-75-91(79-81-93)77-78-92(80-82-94)76-74-88(96)100-84-66-59-53-47-41-43-49-55-62-70-86(68-60-15-11-7-3)102-90(98)72-64-57-51-45-39-37-35-33-31-29-27-25-23-21-19-17-14-10-6-2/h9-10,13-14,18-21,24-27,30-33,36-39,50-51,54-57,61-62,85-86,93-94H,5-8,11-12,15-17,22-23,28-29,34-35,40-49,52-53,58-60,63-84H2,1-4H3/b13-9-,14-10-,20-18-,21-19-,26-24-,27-25-,32-30-,33-31-,38-36-,39-37-,56-50-,57-51-,61-54-,62-55-. The van der Waals surface area contributed by atoms with Crippen molar-refractivity contribution in [2.24, 2.45) is 0 Å². The van der Waals surface area contributed by atoms with Crippen LogP contribution in [0.1, 0.15) is 297 Å². The van der Waals surface area contributed by atoms with Crippen LogP contribution in [-0.4, -0.2) is 122 Å². The van der Waals surface area contributed by atoms with E-state index in [1.807, 2.05) is 9.80 Å². The number of esters is 4. The number of hydrogen-bond donors (Lipinski definition) is 2. The molecule has 0 aliphatic carbocycles. The largest absolute Gasteiger partial charge is 0.466 e. The van der Waals surface area contributed by atoms with Crippen LogP contribution in [0.4, 0.5) is 0 Å². The number of rotatable bonds is 73. The predicted molar refractivity (Wildman–Crippen MR) is 433 cm³/mol. The van der Waals surface area contributed by atoms with Crippen molar-refractivity contribution in [3.05, 3.63) is 170 Å². The summed E-state index contributed by atoms with van der Waals surface area (Å²) in [6, 6.07) is 0. The Hall–Kier alpha value is -5.92. The quantitative estimate of drug-likeness (QED) is 0.0258. The lowest BCUT2D eigenvalue weighted by Gasteiger charge is -2.26. The molecule has 0 amide bonds. The Kier molecular flexibility index (Phi) is 76.1. The molecule has 0 aromatic heterocycles. The first-order chi connectivity index (χ1) is 50.2. The van der Waals surface area contributed by atoms with Crippen LogP contribution >= 0.6 is 0 Å². The molecule has 2 atom stereocenters. The fourth-order valence-corrected chi connectivity index (χ4v) is 11.0. The molecule has 578 valence electrons. The number of ether oxygens (including phenoxy) is 4. The normalized spacial score (nSPS) is 13.4. The molecule has 12 heteroatoms. The molecule has 2 N–H and O–H groups in total. The average Bonchev–Trinajstić information content (AvgIpc) is 1.16. The number of allylic oxidation sites excluding steroid dienone is 26. The summed E-state index contributed by atoms with van der Waals surface area (Å²) in [7, 11) is 0. The molecule has 0 heterocycles. The van der Waals surface area contributed by atoms with Gasteiger partial charge >= 0.3 is 23.9 Å². The van der Waals surface area contributed by atoms with E-state index in [0.717, 1.165) is 212 Å². The van der Waals surface area contributed by atoms with Gasteiger partial charge in [0.2, 0.25) is 0 Å². The van der Waals surface area contributed by atoms with Crippen molar-refractivity contribution < 1.29 is 48.3 Å². The Labute approximate surface area is 624 Å². The molecule has 0 saturated carbocycles. The van der Waals surface area contributed by atoms with Gasteiger partial charge < -0.3 is 29.2 Å². The number of aliphatic hydroxyl groups is 2. The third kappa shape index (κ3) is 73.8. The highest BCUT2D eigenvalue weighted by atomic mass is 16.6. The van der Waals surface area contributed by atoms with Gasteiger partial charge in [0.15, 0.2) is 0 Å². The molecule has 2 unspecified atom stereocenters. The van der Waals surface area contributed by atoms with Crippen molar-refractivity contribution in [1.29, 1.82) is 0 Å². The Morgan fingerprint density at radius 2 is 0.578 bits per heavy atom. The van der Waals surface area contributed by atoms with Crippen molar-refractivity contribution in [2.75, 3.05) is 65.7 Å². The van der Waals surface area contributed by atoms with E-state index in [0.29, 0.717) is 78.2 Å². The van der Waals surface area contributed by atoms with E-state index in [9.17, 15) is 29.4 Å². The summed E-state index contributed by atoms with van der Waals surface area (Å²) in [4.78, 5) is 54.8. The van der Waals surface area contributed by atoms with Gasteiger partial charge in [-0.2, -0.15) is 0 Å². The van der Waals surface area contributed by atoms with E-state index in [4.69, 9.17) is 18.9 Å². The Balaban J connectivity index is 4.25. The third-order valence-corrected chi connectivity index (χ3v) is 17.1. The Morgan fingerprint density at radius 1 is 0.284 bits per heavy atom. The van der Waals surface area contributed by atoms with Crippen molar-refractivity contribution in [3.63, 3.8) is 0 Å². The van der Waals surface area contributed by atoms with Gasteiger partial charge in [0.25, 0.3) is 0 Å². The molecule has 0 aliphatic rings. The van der Waals surface area contributed by atoms with Crippen LogP contribution in [0.25, 0.3) is 0 Å². The van der Waals surface area contributed by atoms with Crippen LogP contribution in [0.2, 0.25) is 0 Å². The molecular formula is C90H148N2O10. The lowest BCUT2D eigenvalue weighted by molar-refractivity contribution is -0.150. The minimum Gasteiger partial charge on any atom is -0.466 e. The maximum atomic E-state index is 12.8. The molecule has 102 heavy (non-hydrogen) atoms. The van der Waals surface area contributed by atoms with E-state index < -0.39 is 0 Å². The fourth-order valence-electron chi connectivity index (χ4n) is 11.0. The van der Waals surface area contributed by atoms with E-state index >= 15 is 0 Å². The molecule has 0 aliphatic heterocycles. The van der Waals surface area contributed by atoms with Gasteiger partial charge in [-0.1, -0.05) is 281 Å². The van der Waals surface area contributed by atoms with Gasteiger partial charge in [0, 0.05) is 65.0 Å². The maximum absolute atomic E-state index is 12.8. The maximum Gasteiger partial charge on any atom is 0.307 e. The van der Waals surface area contributed by atoms with Crippen LogP contribution in [0.15, 0.2) is 170 Å². The number of carbonyl (C=O) groups excluding carboxylic acids is 4. The van der Waals surface area contributed by atoms with Crippen molar-refractivity contribution in [3.8, 4) is 0 Å². The average molecular weight is 1420 g/mol. The van der Waals surface area contributed by atoms with Crippen LogP contribution in [0, 0.1) is 0 Å². The summed E-state index contributed by atoms with van der Waals surface area (Å²) in [5.41, 5.74) is 0. The van der Waals surface area contributed by atoms with E-state index in [1.165, 1.54) is 19.3 Å². The SMILES string of the molecule is CC/C=C\C/C=C\C/C=C\C/C=C\C/C=C\C/C=C\CCC(=O)OC(C/C=C\CCCCCCCCOC(=O)CCN(CCO)CCN(CCO)CCC(=O)OCCCCCCCC/C=C\CC(CCCCCC)OC(=O)CC/C=C\C/C=C\C/C=C\C/C=C\C/C=C\C/C=C\CC)CCCC. The van der Waals surface area contributed by atoms with Gasteiger partial charge in [0.05, 0.1) is 39.3 Å². The molecule has 0 saturated heterocycles. The third-order valence-electron chi connectivity index (χ3n) is 17.1. The summed E-state index contributed by atoms with van der Waals surface area (Å²) < 4.78 is 23.0. The van der Waals surface area contributed by atoms with Gasteiger partial charge in [-0.15, -0.1) is 0 Å². The minimum absolute atomic E-state index is 0.0335.